The molecule has 0 bridgehead atoms. The highest BCUT2D eigenvalue weighted by molar-refractivity contribution is 5.09. The Bertz CT molecular complexity index is 154. The van der Waals surface area contributed by atoms with Gasteiger partial charge in [-0.3, -0.25) is 0 Å². The summed E-state index contributed by atoms with van der Waals surface area (Å²) in [7, 11) is 1.62. The highest BCUT2D eigenvalue weighted by Gasteiger charge is 2.24. The largest absolute Gasteiger partial charge is 0.384 e. The fourth-order valence-electron chi connectivity index (χ4n) is 1.52. The monoisotopic (exact) mass is 158 g/mol. The van der Waals surface area contributed by atoms with Crippen molar-refractivity contribution in [3.8, 4) is 0 Å². The van der Waals surface area contributed by atoms with Crippen LogP contribution in [0.15, 0.2) is 11.6 Å². The summed E-state index contributed by atoms with van der Waals surface area (Å²) in [5.74, 6) is 0.00810. The summed E-state index contributed by atoms with van der Waals surface area (Å²) in [5, 5.41) is 0. The molecule has 2 heteroatoms. The Morgan fingerprint density at radius 3 is 3.00 bits per heavy atom. The molecule has 0 unspecified atom stereocenters. The molecule has 0 aliphatic heterocycles. The molecule has 0 saturated carbocycles. The van der Waals surface area contributed by atoms with Crippen LogP contribution in [0.4, 0.5) is 4.39 Å². The molecule has 0 fully saturated rings. The SMILES string of the molecule is COC[C@H]1C(C)=CCC[C@@H]1F. The fraction of sp³-hybridized carbons (Fsp3) is 0.778. The topological polar surface area (TPSA) is 9.23 Å². The Morgan fingerprint density at radius 1 is 1.73 bits per heavy atom. The normalized spacial score (nSPS) is 31.7. The summed E-state index contributed by atoms with van der Waals surface area (Å²) in [6.07, 6.45) is 2.96. The van der Waals surface area contributed by atoms with E-state index in [0.29, 0.717) is 13.0 Å². The van der Waals surface area contributed by atoms with Crippen LogP contribution in [-0.4, -0.2) is 19.9 Å². The molecule has 0 saturated heterocycles. The van der Waals surface area contributed by atoms with Gasteiger partial charge in [0.15, 0.2) is 0 Å². The molecule has 0 radical (unpaired) electrons. The predicted octanol–water partition coefficient (Wildman–Crippen LogP) is 2.33. The van der Waals surface area contributed by atoms with Gasteiger partial charge in [-0.05, 0) is 19.8 Å². The van der Waals surface area contributed by atoms with Crippen LogP contribution in [0.2, 0.25) is 0 Å². The molecule has 0 aromatic heterocycles. The zero-order valence-electron chi connectivity index (χ0n) is 7.14. The van der Waals surface area contributed by atoms with Crippen molar-refractivity contribution in [1.29, 1.82) is 0 Å². The first-order valence-electron chi connectivity index (χ1n) is 4.05. The Hall–Kier alpha value is -0.370. The highest BCUT2D eigenvalue weighted by Crippen LogP contribution is 2.27. The van der Waals surface area contributed by atoms with Gasteiger partial charge >= 0.3 is 0 Å². The molecule has 0 aromatic rings. The minimum absolute atomic E-state index is 0.00810. The van der Waals surface area contributed by atoms with Crippen LogP contribution >= 0.6 is 0 Å². The van der Waals surface area contributed by atoms with Crippen molar-refractivity contribution in [1.82, 2.24) is 0 Å². The van der Waals surface area contributed by atoms with Crippen molar-refractivity contribution in [2.24, 2.45) is 5.92 Å². The standard InChI is InChI=1S/C9H15FO/c1-7-4-3-5-9(10)8(7)6-11-2/h4,8-9H,3,5-6H2,1-2H3/t8-,9-/m0/s1. The van der Waals surface area contributed by atoms with E-state index in [1.165, 1.54) is 0 Å². The summed E-state index contributed by atoms with van der Waals surface area (Å²) in [6.45, 7) is 2.50. The van der Waals surface area contributed by atoms with Crippen LogP contribution < -0.4 is 0 Å². The molecule has 0 spiro atoms. The van der Waals surface area contributed by atoms with Gasteiger partial charge in [-0.15, -0.1) is 0 Å². The minimum atomic E-state index is -0.694. The first-order valence-corrected chi connectivity index (χ1v) is 4.05. The van der Waals surface area contributed by atoms with Gasteiger partial charge in [0.05, 0.1) is 6.61 Å². The zero-order valence-corrected chi connectivity index (χ0v) is 7.14. The number of hydrogen-bond acceptors (Lipinski definition) is 1. The summed E-state index contributed by atoms with van der Waals surface area (Å²) in [4.78, 5) is 0. The van der Waals surface area contributed by atoms with E-state index in [4.69, 9.17) is 4.74 Å². The number of alkyl halides is 1. The van der Waals surface area contributed by atoms with Gasteiger partial charge in [-0.25, -0.2) is 4.39 Å². The molecule has 0 aromatic carbocycles. The van der Waals surface area contributed by atoms with Crippen molar-refractivity contribution in [3.05, 3.63) is 11.6 Å². The smallest absolute Gasteiger partial charge is 0.109 e. The average Bonchev–Trinajstić information content (AvgIpc) is 1.97. The lowest BCUT2D eigenvalue weighted by Gasteiger charge is -2.24. The molecule has 1 aliphatic rings. The van der Waals surface area contributed by atoms with Gasteiger partial charge in [0.25, 0.3) is 0 Å². The van der Waals surface area contributed by atoms with Gasteiger partial charge in [-0.1, -0.05) is 11.6 Å². The second-order valence-corrected chi connectivity index (χ2v) is 3.10. The average molecular weight is 158 g/mol. The van der Waals surface area contributed by atoms with Gasteiger partial charge in [-0.2, -0.15) is 0 Å². The predicted molar refractivity (Wildman–Crippen MR) is 43.3 cm³/mol. The van der Waals surface area contributed by atoms with E-state index in [0.717, 1.165) is 12.0 Å². The molecule has 0 heterocycles. The Kier molecular flexibility index (Phi) is 3.06. The van der Waals surface area contributed by atoms with Crippen LogP contribution in [0.3, 0.4) is 0 Å². The molecule has 64 valence electrons. The third-order valence-electron chi connectivity index (χ3n) is 2.28. The van der Waals surface area contributed by atoms with Crippen molar-refractivity contribution >= 4 is 0 Å². The van der Waals surface area contributed by atoms with Crippen molar-refractivity contribution < 1.29 is 9.13 Å². The Labute approximate surface area is 67.2 Å². The van der Waals surface area contributed by atoms with E-state index >= 15 is 0 Å². The van der Waals surface area contributed by atoms with E-state index in [1.807, 2.05) is 6.92 Å². The number of methoxy groups -OCH3 is 1. The molecular formula is C9H15FO. The molecule has 1 rings (SSSR count). The Balaban J connectivity index is 2.56. The van der Waals surface area contributed by atoms with Crippen LogP contribution in [-0.2, 0) is 4.74 Å². The Morgan fingerprint density at radius 2 is 2.45 bits per heavy atom. The van der Waals surface area contributed by atoms with E-state index in [-0.39, 0.29) is 5.92 Å². The summed E-state index contributed by atoms with van der Waals surface area (Å²) in [6, 6.07) is 0. The van der Waals surface area contributed by atoms with Crippen LogP contribution in [0, 0.1) is 5.92 Å². The third kappa shape index (κ3) is 2.03. The third-order valence-corrected chi connectivity index (χ3v) is 2.28. The van der Waals surface area contributed by atoms with E-state index < -0.39 is 6.17 Å². The fourth-order valence-corrected chi connectivity index (χ4v) is 1.52. The molecule has 1 nitrogen and oxygen atoms in total. The van der Waals surface area contributed by atoms with Crippen LogP contribution in [0.1, 0.15) is 19.8 Å². The zero-order chi connectivity index (χ0) is 8.27. The highest BCUT2D eigenvalue weighted by atomic mass is 19.1. The van der Waals surface area contributed by atoms with E-state index in [1.54, 1.807) is 7.11 Å². The minimum Gasteiger partial charge on any atom is -0.384 e. The lowest BCUT2D eigenvalue weighted by molar-refractivity contribution is 0.109. The summed E-state index contributed by atoms with van der Waals surface area (Å²) in [5.41, 5.74) is 1.14. The van der Waals surface area contributed by atoms with Gasteiger partial charge in [0.2, 0.25) is 0 Å². The lowest BCUT2D eigenvalue weighted by Crippen LogP contribution is -2.24. The summed E-state index contributed by atoms with van der Waals surface area (Å²) >= 11 is 0. The number of ether oxygens (including phenoxy) is 1. The number of rotatable bonds is 2. The molecule has 0 amide bonds. The lowest BCUT2D eigenvalue weighted by atomic mass is 9.88. The first-order chi connectivity index (χ1) is 5.25. The van der Waals surface area contributed by atoms with Crippen molar-refractivity contribution in [2.45, 2.75) is 25.9 Å². The maximum absolute atomic E-state index is 13.2. The van der Waals surface area contributed by atoms with Crippen LogP contribution in [0.25, 0.3) is 0 Å². The number of allylic oxidation sites excluding steroid dienone is 1. The second-order valence-electron chi connectivity index (χ2n) is 3.10. The molecule has 0 N–H and O–H groups in total. The van der Waals surface area contributed by atoms with E-state index in [9.17, 15) is 4.39 Å². The maximum Gasteiger partial charge on any atom is 0.109 e. The van der Waals surface area contributed by atoms with Crippen molar-refractivity contribution in [2.75, 3.05) is 13.7 Å². The number of halogens is 1. The van der Waals surface area contributed by atoms with Gasteiger partial charge in [0.1, 0.15) is 6.17 Å². The molecular weight excluding hydrogens is 143 g/mol. The second kappa shape index (κ2) is 3.86. The molecule has 11 heavy (non-hydrogen) atoms. The van der Waals surface area contributed by atoms with Gasteiger partial charge in [0, 0.05) is 13.0 Å². The molecule has 2 atom stereocenters. The first kappa shape index (κ1) is 8.72. The number of hydrogen-bond donors (Lipinski definition) is 0. The summed E-state index contributed by atoms with van der Waals surface area (Å²) < 4.78 is 18.1. The van der Waals surface area contributed by atoms with Crippen LogP contribution in [0.5, 0.6) is 0 Å². The maximum atomic E-state index is 13.2. The van der Waals surface area contributed by atoms with E-state index in [2.05, 4.69) is 6.08 Å². The molecule has 1 aliphatic carbocycles. The quantitative estimate of drug-likeness (QED) is 0.560. The van der Waals surface area contributed by atoms with Gasteiger partial charge < -0.3 is 4.74 Å². The van der Waals surface area contributed by atoms with Crippen molar-refractivity contribution in [3.63, 3.8) is 0 Å².